The molecule has 1 amide bonds. The summed E-state index contributed by atoms with van der Waals surface area (Å²) in [7, 11) is 0. The van der Waals surface area contributed by atoms with Crippen LogP contribution in [0.1, 0.15) is 12.5 Å². The zero-order chi connectivity index (χ0) is 24.5. The number of amides is 1. The lowest BCUT2D eigenvalue weighted by molar-refractivity contribution is -0.388. The highest BCUT2D eigenvalue weighted by Crippen LogP contribution is 2.37. The third kappa shape index (κ3) is 7.82. The number of nitrogens with zero attached hydrogens (tertiary/aromatic N) is 2. The van der Waals surface area contributed by atoms with Crippen molar-refractivity contribution in [2.75, 3.05) is 16.9 Å². The third-order valence-corrected chi connectivity index (χ3v) is 3.87. The smallest absolute Gasteiger partial charge is 0.423 e. The van der Waals surface area contributed by atoms with Crippen LogP contribution in [0.2, 0.25) is 0 Å². The summed E-state index contributed by atoms with van der Waals surface area (Å²) in [5.74, 6) is -0.771. The second kappa shape index (κ2) is 11.9. The molecule has 8 nitrogen and oxygen atoms in total. The Kier molecular flexibility index (Phi) is 10.2. The van der Waals surface area contributed by atoms with Gasteiger partial charge < -0.3 is 15.2 Å². The fraction of sp³-hybridized carbons (Fsp3) is 0.263. The Morgan fingerprint density at radius 1 is 1.28 bits per heavy atom. The van der Waals surface area contributed by atoms with Gasteiger partial charge >= 0.3 is 6.18 Å². The van der Waals surface area contributed by atoms with E-state index in [4.69, 9.17) is 4.74 Å². The van der Waals surface area contributed by atoms with Crippen LogP contribution in [0, 0.1) is 10.1 Å². The minimum Gasteiger partial charge on any atom is -0.490 e. The molecular weight excluding hydrogens is 570 g/mol. The van der Waals surface area contributed by atoms with Crippen LogP contribution in [0.15, 0.2) is 47.5 Å². The summed E-state index contributed by atoms with van der Waals surface area (Å²) in [4.78, 5) is 27.6. The normalized spacial score (nSPS) is 12.3. The zero-order valence-corrected chi connectivity index (χ0v) is 19.6. The summed E-state index contributed by atoms with van der Waals surface area (Å²) < 4.78 is 44.5. The maximum absolute atomic E-state index is 13.0. The van der Waals surface area contributed by atoms with Gasteiger partial charge in [-0.3, -0.25) is 14.9 Å². The second-order valence-electron chi connectivity index (χ2n) is 6.20. The Bertz CT molecular complexity index is 1010. The number of carbonyl (C=O) groups excluding carboxylic acids is 1. The summed E-state index contributed by atoms with van der Waals surface area (Å²) in [6.45, 7) is 0.580. The number of thiocarbonyl (C=S) groups is 1. The lowest BCUT2D eigenvalue weighted by Crippen LogP contribution is -2.45. The van der Waals surface area contributed by atoms with E-state index in [0.717, 1.165) is 13.0 Å². The van der Waals surface area contributed by atoms with Gasteiger partial charge in [0, 0.05) is 11.8 Å². The molecule has 0 aromatic heterocycles. The second-order valence-corrected chi connectivity index (χ2v) is 6.38. The van der Waals surface area contributed by atoms with E-state index in [1.807, 2.05) is 4.93 Å². The number of nitro groups is 1. The number of hydrogen-bond donors (Lipinski definition) is 2. The summed E-state index contributed by atoms with van der Waals surface area (Å²) >= 11 is 6.63. The molecule has 2 aromatic rings. The quantitative estimate of drug-likeness (QED) is 0.116. The predicted octanol–water partition coefficient (Wildman–Crippen LogP) is 5.17. The number of nitro benzene ring substituents is 1. The molecule has 13 heteroatoms. The number of isothiocyanates is 1. The standard InChI is InChI=1S/C18H14F3N3O5S.CH3I/c1-17(26,9-29-13-5-2-11(3-6-13)22-10-30)16(25)23-12-4-7-15(24(27)28)14(8-12)18(19,20)21;1-2/h2-8,26H,9H2,1H3,(H,23,25);1H3/t17-;/m0./s1/i;2+4. The molecule has 32 heavy (non-hydrogen) atoms. The number of benzene rings is 2. The van der Waals surface area contributed by atoms with Crippen LogP contribution in [-0.4, -0.2) is 38.2 Å². The number of nitrogens with one attached hydrogen (secondary N) is 1. The van der Waals surface area contributed by atoms with Crippen LogP contribution >= 0.6 is 34.8 Å². The summed E-state index contributed by atoms with van der Waals surface area (Å²) in [6, 6.07) is 8.09. The molecule has 1 atom stereocenters. The van der Waals surface area contributed by atoms with Crippen molar-refractivity contribution in [3.8, 4) is 5.75 Å². The number of hydrogen-bond acceptors (Lipinski definition) is 7. The van der Waals surface area contributed by atoms with Crippen LogP contribution in [0.25, 0.3) is 0 Å². The fourth-order valence-electron chi connectivity index (χ4n) is 2.22. The molecule has 0 heterocycles. The van der Waals surface area contributed by atoms with E-state index in [9.17, 15) is 33.2 Å². The van der Waals surface area contributed by atoms with E-state index in [0.29, 0.717) is 23.6 Å². The van der Waals surface area contributed by atoms with Crippen LogP contribution in [-0.2, 0) is 11.0 Å². The number of halogens is 4. The van der Waals surface area contributed by atoms with Crippen LogP contribution < -0.4 is 10.1 Å². The Morgan fingerprint density at radius 2 is 1.88 bits per heavy atom. The summed E-state index contributed by atoms with van der Waals surface area (Å²) in [5.41, 5.74) is -4.66. The van der Waals surface area contributed by atoms with Gasteiger partial charge in [0.15, 0.2) is 5.60 Å². The van der Waals surface area contributed by atoms with Gasteiger partial charge in [-0.15, -0.1) is 0 Å². The number of ether oxygens (including phenoxy) is 1. The van der Waals surface area contributed by atoms with Crippen LogP contribution in [0.4, 0.5) is 30.2 Å². The molecule has 0 radical (unpaired) electrons. The third-order valence-electron chi connectivity index (χ3n) is 3.78. The molecule has 2 N–H and O–H groups in total. The maximum Gasteiger partial charge on any atom is 0.423 e. The summed E-state index contributed by atoms with van der Waals surface area (Å²) in [6.07, 6.45) is -5.01. The van der Waals surface area contributed by atoms with E-state index in [-0.39, 0.29) is 5.69 Å². The Balaban J connectivity index is 0.00000249. The average molecular weight is 587 g/mol. The number of anilines is 1. The van der Waals surface area contributed by atoms with E-state index >= 15 is 0 Å². The SMILES string of the molecule is C[131I].C[C@](O)(COc1ccc(N=C=S)cc1)C(=O)Nc1ccc([N+](=O)[O-])c(C(F)(F)F)c1. The first-order chi connectivity index (χ1) is 14.9. The molecule has 0 fully saturated rings. The molecule has 0 unspecified atom stereocenters. The molecule has 0 spiro atoms. The Hall–Kier alpha value is -2.61. The van der Waals surface area contributed by atoms with Crippen molar-refractivity contribution in [3.63, 3.8) is 0 Å². The van der Waals surface area contributed by atoms with E-state index in [2.05, 4.69) is 50.3 Å². The van der Waals surface area contributed by atoms with Crippen molar-refractivity contribution in [1.29, 1.82) is 0 Å². The van der Waals surface area contributed by atoms with Crippen LogP contribution in [0.3, 0.4) is 0 Å². The average Bonchev–Trinajstić information content (AvgIpc) is 2.74. The molecule has 0 saturated heterocycles. The first-order valence-corrected chi connectivity index (χ1v) is 11.1. The molecular formula is C19H17F3IN3O5S. The highest BCUT2D eigenvalue weighted by Gasteiger charge is 2.39. The zero-order valence-electron chi connectivity index (χ0n) is 16.6. The van der Waals surface area contributed by atoms with E-state index < -0.39 is 40.5 Å². The van der Waals surface area contributed by atoms with Gasteiger partial charge in [-0.1, -0.05) is 22.6 Å². The van der Waals surface area contributed by atoms with Crippen molar-refractivity contribution < 1.29 is 32.7 Å². The monoisotopic (exact) mass is 587 g/mol. The number of carbonyl (C=O) groups is 1. The van der Waals surface area contributed by atoms with Crippen molar-refractivity contribution in [3.05, 3.63) is 58.1 Å². The van der Waals surface area contributed by atoms with Crippen molar-refractivity contribution in [2.24, 2.45) is 4.99 Å². The predicted molar refractivity (Wildman–Crippen MR) is 124 cm³/mol. The topological polar surface area (TPSA) is 114 Å². The van der Waals surface area contributed by atoms with E-state index in [1.165, 1.54) is 12.1 Å². The number of aliphatic hydroxyl groups is 1. The molecule has 0 aliphatic heterocycles. The lowest BCUT2D eigenvalue weighted by atomic mass is 10.1. The molecule has 172 valence electrons. The van der Waals surface area contributed by atoms with Crippen molar-refractivity contribution >= 4 is 62.9 Å². The largest absolute Gasteiger partial charge is 0.490 e. The van der Waals surface area contributed by atoms with Gasteiger partial charge in [-0.2, -0.15) is 18.2 Å². The van der Waals surface area contributed by atoms with Crippen LogP contribution in [0.5, 0.6) is 5.75 Å². The molecule has 2 rings (SSSR count). The van der Waals surface area contributed by atoms with Gasteiger partial charge in [-0.25, -0.2) is 0 Å². The van der Waals surface area contributed by atoms with Crippen molar-refractivity contribution in [1.82, 2.24) is 0 Å². The molecule has 0 bridgehead atoms. The first-order valence-electron chi connectivity index (χ1n) is 8.52. The number of rotatable bonds is 7. The highest BCUT2D eigenvalue weighted by atomic mass is 131. The molecule has 0 aliphatic rings. The van der Waals surface area contributed by atoms with Gasteiger partial charge in [0.05, 0.1) is 15.8 Å². The van der Waals surface area contributed by atoms with Crippen molar-refractivity contribution in [2.45, 2.75) is 18.7 Å². The minimum absolute atomic E-state index is 0.293. The Morgan fingerprint density at radius 3 is 2.38 bits per heavy atom. The highest BCUT2D eigenvalue weighted by molar-refractivity contribution is 14.1. The molecule has 2 aromatic carbocycles. The minimum atomic E-state index is -5.01. The number of alkyl halides is 4. The van der Waals surface area contributed by atoms with Gasteiger partial charge in [0.1, 0.15) is 17.9 Å². The molecule has 0 saturated carbocycles. The fourth-order valence-corrected chi connectivity index (χ4v) is 2.33. The molecule has 0 aliphatic carbocycles. The van der Waals surface area contributed by atoms with Gasteiger partial charge in [-0.05, 0) is 60.5 Å². The maximum atomic E-state index is 13.0. The van der Waals surface area contributed by atoms with Gasteiger partial charge in [0.2, 0.25) is 0 Å². The number of aliphatic imine (C=N–C) groups is 1. The lowest BCUT2D eigenvalue weighted by Gasteiger charge is -2.23. The summed E-state index contributed by atoms with van der Waals surface area (Å²) in [5, 5.41) is 25.4. The Labute approximate surface area is 199 Å². The van der Waals surface area contributed by atoms with E-state index in [1.54, 1.807) is 12.1 Å². The first kappa shape index (κ1) is 27.4. The van der Waals surface area contributed by atoms with Gasteiger partial charge in [0.25, 0.3) is 11.6 Å².